The molecule has 1 saturated heterocycles. The molecular weight excluding hydrogens is 280 g/mol. The molecule has 0 bridgehead atoms. The van der Waals surface area contributed by atoms with E-state index in [9.17, 15) is 4.79 Å². The standard InChI is InChI=1S/C17H18N2O3/c20-17(21)14-10-19(11-14)9-13-4-6-16(7-5-13)22-12-15-3-1-2-8-18-15/h1-8,14H,9-12H2,(H,20,21). The molecule has 1 N–H and O–H groups in total. The quantitative estimate of drug-likeness (QED) is 0.885. The third-order valence-corrected chi connectivity index (χ3v) is 3.75. The number of nitrogens with zero attached hydrogens (tertiary/aromatic N) is 2. The van der Waals surface area contributed by atoms with Crippen LogP contribution in [0.2, 0.25) is 0 Å². The Hall–Kier alpha value is -2.40. The zero-order valence-electron chi connectivity index (χ0n) is 12.2. The lowest BCUT2D eigenvalue weighted by atomic mass is 10.00. The van der Waals surface area contributed by atoms with E-state index in [1.165, 1.54) is 0 Å². The van der Waals surface area contributed by atoms with Crippen LogP contribution in [0.5, 0.6) is 5.75 Å². The van der Waals surface area contributed by atoms with Crippen molar-refractivity contribution in [2.75, 3.05) is 13.1 Å². The van der Waals surface area contributed by atoms with E-state index < -0.39 is 5.97 Å². The lowest BCUT2D eigenvalue weighted by Gasteiger charge is -2.36. The summed E-state index contributed by atoms with van der Waals surface area (Å²) in [6, 6.07) is 13.6. The minimum absolute atomic E-state index is 0.207. The molecule has 1 aliphatic heterocycles. The Kier molecular flexibility index (Phi) is 4.34. The van der Waals surface area contributed by atoms with Crippen molar-refractivity contribution in [3.63, 3.8) is 0 Å². The van der Waals surface area contributed by atoms with Gasteiger partial charge < -0.3 is 9.84 Å². The second-order valence-electron chi connectivity index (χ2n) is 5.48. The number of likely N-dealkylation sites (tertiary alicyclic amines) is 1. The summed E-state index contributed by atoms with van der Waals surface area (Å²) in [5, 5.41) is 8.86. The highest BCUT2D eigenvalue weighted by Gasteiger charge is 2.31. The van der Waals surface area contributed by atoms with Gasteiger partial charge in [-0.3, -0.25) is 14.7 Å². The number of carbonyl (C=O) groups is 1. The average Bonchev–Trinajstić information content (AvgIpc) is 2.50. The lowest BCUT2D eigenvalue weighted by Crippen LogP contribution is -2.49. The molecular formula is C17H18N2O3. The molecule has 3 rings (SSSR count). The first kappa shape index (κ1) is 14.5. The van der Waals surface area contributed by atoms with E-state index in [1.54, 1.807) is 6.20 Å². The van der Waals surface area contributed by atoms with Gasteiger partial charge in [-0.05, 0) is 29.8 Å². The second-order valence-corrected chi connectivity index (χ2v) is 5.48. The van der Waals surface area contributed by atoms with Crippen LogP contribution in [0.25, 0.3) is 0 Å². The Bertz CT molecular complexity index is 622. The fraction of sp³-hybridized carbons (Fsp3) is 0.294. The van der Waals surface area contributed by atoms with Gasteiger partial charge in [-0.2, -0.15) is 0 Å². The van der Waals surface area contributed by atoms with Gasteiger partial charge in [0.15, 0.2) is 0 Å². The van der Waals surface area contributed by atoms with Crippen molar-refractivity contribution in [2.45, 2.75) is 13.2 Å². The van der Waals surface area contributed by atoms with Gasteiger partial charge in [-0.1, -0.05) is 18.2 Å². The first-order chi connectivity index (χ1) is 10.7. The number of pyridine rings is 1. The summed E-state index contributed by atoms with van der Waals surface area (Å²) < 4.78 is 5.69. The minimum atomic E-state index is -0.700. The minimum Gasteiger partial charge on any atom is -0.487 e. The maximum atomic E-state index is 10.8. The number of aromatic nitrogens is 1. The number of benzene rings is 1. The first-order valence-corrected chi connectivity index (χ1v) is 7.27. The molecule has 5 nitrogen and oxygen atoms in total. The van der Waals surface area contributed by atoms with Gasteiger partial charge in [0.1, 0.15) is 12.4 Å². The van der Waals surface area contributed by atoms with Crippen molar-refractivity contribution in [3.05, 3.63) is 59.9 Å². The van der Waals surface area contributed by atoms with Crippen molar-refractivity contribution in [1.82, 2.24) is 9.88 Å². The van der Waals surface area contributed by atoms with Crippen LogP contribution in [0.1, 0.15) is 11.3 Å². The summed E-state index contributed by atoms with van der Waals surface area (Å²) in [7, 11) is 0. The maximum Gasteiger partial charge on any atom is 0.309 e. The smallest absolute Gasteiger partial charge is 0.309 e. The van der Waals surface area contributed by atoms with Gasteiger partial charge in [0, 0.05) is 25.8 Å². The molecule has 1 fully saturated rings. The molecule has 1 aromatic carbocycles. The molecule has 1 aromatic heterocycles. The Morgan fingerprint density at radius 3 is 2.64 bits per heavy atom. The normalized spacial score (nSPS) is 15.3. The average molecular weight is 298 g/mol. The summed E-state index contributed by atoms with van der Waals surface area (Å²) >= 11 is 0. The number of hydrogen-bond acceptors (Lipinski definition) is 4. The number of carboxylic acids is 1. The first-order valence-electron chi connectivity index (χ1n) is 7.27. The monoisotopic (exact) mass is 298 g/mol. The Labute approximate surface area is 129 Å². The van der Waals surface area contributed by atoms with Crippen LogP contribution in [0.3, 0.4) is 0 Å². The number of ether oxygens (including phenoxy) is 1. The molecule has 0 saturated carbocycles. The third-order valence-electron chi connectivity index (χ3n) is 3.75. The van der Waals surface area contributed by atoms with E-state index in [0.717, 1.165) is 23.6 Å². The number of hydrogen-bond donors (Lipinski definition) is 1. The Morgan fingerprint density at radius 2 is 2.00 bits per heavy atom. The van der Waals surface area contributed by atoms with E-state index in [4.69, 9.17) is 9.84 Å². The zero-order valence-corrected chi connectivity index (χ0v) is 12.2. The topological polar surface area (TPSA) is 62.7 Å². The fourth-order valence-corrected chi connectivity index (χ4v) is 2.45. The number of carboxylic acid groups (broad SMARTS) is 1. The zero-order chi connectivity index (χ0) is 15.4. The Balaban J connectivity index is 1.47. The van der Waals surface area contributed by atoms with Gasteiger partial charge in [-0.15, -0.1) is 0 Å². The molecule has 0 aliphatic carbocycles. The maximum absolute atomic E-state index is 10.8. The predicted octanol–water partition coefficient (Wildman–Crippen LogP) is 2.18. The number of rotatable bonds is 6. The SMILES string of the molecule is O=C(O)C1CN(Cc2ccc(OCc3ccccn3)cc2)C1. The highest BCUT2D eigenvalue weighted by atomic mass is 16.5. The molecule has 0 amide bonds. The molecule has 0 unspecified atom stereocenters. The molecule has 0 spiro atoms. The van der Waals surface area contributed by atoms with Crippen molar-refractivity contribution in [1.29, 1.82) is 0 Å². The number of aliphatic carboxylic acids is 1. The van der Waals surface area contributed by atoms with E-state index in [-0.39, 0.29) is 5.92 Å². The molecule has 0 atom stereocenters. The third kappa shape index (κ3) is 3.62. The largest absolute Gasteiger partial charge is 0.487 e. The van der Waals surface area contributed by atoms with Gasteiger partial charge >= 0.3 is 5.97 Å². The van der Waals surface area contributed by atoms with Crippen LogP contribution in [0.4, 0.5) is 0 Å². The molecule has 22 heavy (non-hydrogen) atoms. The molecule has 114 valence electrons. The van der Waals surface area contributed by atoms with Crippen molar-refractivity contribution in [2.24, 2.45) is 5.92 Å². The van der Waals surface area contributed by atoms with Crippen molar-refractivity contribution in [3.8, 4) is 5.75 Å². The van der Waals surface area contributed by atoms with Gasteiger partial charge in [0.05, 0.1) is 11.6 Å². The Morgan fingerprint density at radius 1 is 1.23 bits per heavy atom. The molecule has 5 heteroatoms. The predicted molar refractivity (Wildman–Crippen MR) is 81.4 cm³/mol. The van der Waals surface area contributed by atoms with Crippen molar-refractivity contribution < 1.29 is 14.6 Å². The summed E-state index contributed by atoms with van der Waals surface area (Å²) in [5.41, 5.74) is 2.06. The van der Waals surface area contributed by atoms with Crippen LogP contribution in [-0.4, -0.2) is 34.0 Å². The van der Waals surface area contributed by atoms with Crippen LogP contribution in [0.15, 0.2) is 48.7 Å². The lowest BCUT2D eigenvalue weighted by molar-refractivity contribution is -0.147. The van der Waals surface area contributed by atoms with Crippen molar-refractivity contribution >= 4 is 5.97 Å². The van der Waals surface area contributed by atoms with E-state index in [0.29, 0.717) is 19.7 Å². The molecule has 1 aliphatic rings. The van der Waals surface area contributed by atoms with Crippen LogP contribution in [0, 0.1) is 5.92 Å². The van der Waals surface area contributed by atoms with Gasteiger partial charge in [0.25, 0.3) is 0 Å². The van der Waals surface area contributed by atoms with Crippen LogP contribution < -0.4 is 4.74 Å². The van der Waals surface area contributed by atoms with Crippen LogP contribution in [-0.2, 0) is 17.9 Å². The van der Waals surface area contributed by atoms with Gasteiger partial charge in [0.2, 0.25) is 0 Å². The van der Waals surface area contributed by atoms with Crippen LogP contribution >= 0.6 is 0 Å². The van der Waals surface area contributed by atoms with E-state index in [1.807, 2.05) is 42.5 Å². The highest BCUT2D eigenvalue weighted by molar-refractivity contribution is 5.71. The summed E-state index contributed by atoms with van der Waals surface area (Å²) in [4.78, 5) is 17.1. The summed E-state index contributed by atoms with van der Waals surface area (Å²) in [5.74, 6) is -0.100. The van der Waals surface area contributed by atoms with E-state index >= 15 is 0 Å². The molecule has 0 radical (unpaired) electrons. The van der Waals surface area contributed by atoms with Gasteiger partial charge in [-0.25, -0.2) is 0 Å². The molecule has 2 heterocycles. The second kappa shape index (κ2) is 6.58. The van der Waals surface area contributed by atoms with E-state index in [2.05, 4.69) is 9.88 Å². The summed E-state index contributed by atoms with van der Waals surface area (Å²) in [6.07, 6.45) is 1.75. The fourth-order valence-electron chi connectivity index (χ4n) is 2.45. The summed E-state index contributed by atoms with van der Waals surface area (Å²) in [6.45, 7) is 2.50. The molecule has 2 aromatic rings. The highest BCUT2D eigenvalue weighted by Crippen LogP contribution is 2.20.